The van der Waals surface area contributed by atoms with Gasteiger partial charge in [-0.2, -0.15) is 27.0 Å². The molecule has 35 heavy (non-hydrogen) atoms. The van der Waals surface area contributed by atoms with Crippen molar-refractivity contribution < 1.29 is 9.47 Å². The molecule has 0 radical (unpaired) electrons. The molecule has 190 valence electrons. The third kappa shape index (κ3) is 4.26. The molecule has 2 N–H and O–H groups in total. The van der Waals surface area contributed by atoms with E-state index in [-0.39, 0.29) is 44.6 Å². The number of nitrogens with two attached hydrogens (primary N) is 1. The number of fused-ring (bicyclic) bond motifs is 2. The molecule has 0 aromatic carbocycles. The molecule has 1 spiro atoms. The van der Waals surface area contributed by atoms with Crippen LogP contribution in [0.5, 0.6) is 5.88 Å². The van der Waals surface area contributed by atoms with Gasteiger partial charge in [0.25, 0.3) is 5.88 Å². The van der Waals surface area contributed by atoms with Gasteiger partial charge in [-0.1, -0.05) is 0 Å². The Hall–Kier alpha value is -2.08. The maximum atomic E-state index is 6.50. The molecule has 0 unspecified atom stereocenters. The van der Waals surface area contributed by atoms with Crippen molar-refractivity contribution in [1.29, 1.82) is 0 Å². The molecule has 6 rings (SSSR count). The van der Waals surface area contributed by atoms with E-state index in [2.05, 4.69) is 27.8 Å². The Morgan fingerprint density at radius 1 is 1.14 bits per heavy atom. The summed E-state index contributed by atoms with van der Waals surface area (Å²) in [6, 6.07) is 4.18. The monoisotopic (exact) mass is 517 g/mol. The number of aliphatic imine (C=N–C) groups is 1. The van der Waals surface area contributed by atoms with Crippen LogP contribution in [0.15, 0.2) is 23.3 Å². The second kappa shape index (κ2) is 10.1. The topological polar surface area (TPSA) is 102 Å². The fourth-order valence-corrected chi connectivity index (χ4v) is 5.76. The number of piperidine rings is 1. The highest BCUT2D eigenvalue weighted by atomic mass is 32.1. The van der Waals surface area contributed by atoms with Crippen molar-refractivity contribution >= 4 is 44.3 Å². The number of anilines is 2. The Labute approximate surface area is 220 Å². The second-order valence-electron chi connectivity index (χ2n) is 9.61. The summed E-state index contributed by atoms with van der Waals surface area (Å²) in [6.07, 6.45) is 5.98. The molecule has 0 saturated carbocycles. The lowest BCUT2D eigenvalue weighted by atomic mass is 9.73. The number of pyridine rings is 1. The van der Waals surface area contributed by atoms with Gasteiger partial charge < -0.3 is 25.0 Å². The molecule has 4 aliphatic rings. The molecule has 9 nitrogen and oxygen atoms in total. The van der Waals surface area contributed by atoms with Gasteiger partial charge in [-0.3, -0.25) is 9.98 Å². The van der Waals surface area contributed by atoms with Crippen LogP contribution in [-0.2, 0) is 17.7 Å². The minimum absolute atomic E-state index is 0. The van der Waals surface area contributed by atoms with Crippen LogP contribution in [0, 0.1) is 5.41 Å². The lowest BCUT2D eigenvalue weighted by Crippen LogP contribution is -2.50. The Bertz CT molecular complexity index is 1110. The van der Waals surface area contributed by atoms with Crippen LogP contribution >= 0.6 is 27.0 Å². The van der Waals surface area contributed by atoms with Gasteiger partial charge in [0, 0.05) is 37.3 Å². The van der Waals surface area contributed by atoms with E-state index < -0.39 is 0 Å². The maximum Gasteiger partial charge on any atom is 0.258 e. The Morgan fingerprint density at radius 2 is 1.94 bits per heavy atom. The van der Waals surface area contributed by atoms with E-state index in [9.17, 15) is 0 Å². The smallest absolute Gasteiger partial charge is 0.258 e. The maximum absolute atomic E-state index is 6.50. The number of aromatic nitrogens is 3. The predicted octanol–water partition coefficient (Wildman–Crippen LogP) is 2.15. The number of aryl methyl sites for hydroxylation is 1. The lowest BCUT2D eigenvalue weighted by molar-refractivity contribution is 0.0973. The number of hydrogen-bond acceptors (Lipinski definition) is 9. The van der Waals surface area contributed by atoms with Crippen LogP contribution in [0.25, 0.3) is 0 Å². The summed E-state index contributed by atoms with van der Waals surface area (Å²) in [4.78, 5) is 23.9. The number of nitrogens with zero attached hydrogens (tertiary/aromatic N) is 6. The van der Waals surface area contributed by atoms with Crippen molar-refractivity contribution in [3.63, 3.8) is 0 Å². The Balaban J connectivity index is 0.00000144. The van der Waals surface area contributed by atoms with Crippen molar-refractivity contribution in [1.82, 2.24) is 15.0 Å². The average Bonchev–Trinajstić information content (AvgIpc) is 3.39. The van der Waals surface area contributed by atoms with Gasteiger partial charge in [-0.25, -0.2) is 9.97 Å². The average molecular weight is 518 g/mol. The molecule has 2 atom stereocenters. The fraction of sp³-hybridized carbons (Fsp3) is 0.583. The summed E-state index contributed by atoms with van der Waals surface area (Å²) in [5.41, 5.74) is 10.5. The summed E-state index contributed by atoms with van der Waals surface area (Å²) in [6.45, 7) is 6.00. The molecular formula is C24H35N7O2S2. The molecule has 2 fully saturated rings. The highest BCUT2D eigenvalue weighted by Crippen LogP contribution is 2.43. The van der Waals surface area contributed by atoms with Gasteiger partial charge in [-0.15, -0.1) is 0 Å². The standard InChI is InChI=1S/C24H31N7O2.2H2S/c1-15-20(25)24(14-33-15)7-11-30(12-8-24)22-23(32-2)29-19-17(28-22)13-27-21(19)31-10-4-5-16-18(31)6-3-9-26-16;;/h3,6,9,15,20H,4-5,7-8,10-14,25H2,1-2H3;2*1H2/t15-,20+;;/m0../s1. The first-order chi connectivity index (χ1) is 16.1. The fourth-order valence-electron chi connectivity index (χ4n) is 5.76. The molecule has 11 heteroatoms. The third-order valence-corrected chi connectivity index (χ3v) is 7.82. The number of rotatable bonds is 2. The van der Waals surface area contributed by atoms with E-state index >= 15 is 0 Å². The quantitative estimate of drug-likeness (QED) is 0.647. The molecule has 6 heterocycles. The van der Waals surface area contributed by atoms with Gasteiger partial charge in [0.1, 0.15) is 5.69 Å². The summed E-state index contributed by atoms with van der Waals surface area (Å²) in [5.74, 6) is 2.24. The molecule has 0 amide bonds. The Kier molecular flexibility index (Phi) is 7.51. The van der Waals surface area contributed by atoms with Gasteiger partial charge in [0.15, 0.2) is 11.7 Å². The van der Waals surface area contributed by atoms with Gasteiger partial charge in [0.05, 0.1) is 43.4 Å². The SMILES string of the molecule is COc1nc2c(nc1N1CCC3(CC1)CO[C@@H](C)[C@H]3N)CN=C2N1CCCc2ncccc21.S.S. The predicted molar refractivity (Wildman–Crippen MR) is 147 cm³/mol. The molecule has 0 bridgehead atoms. The number of methoxy groups -OCH3 is 1. The number of ether oxygens (including phenoxy) is 2. The van der Waals surface area contributed by atoms with Crippen LogP contribution in [0.2, 0.25) is 0 Å². The zero-order valence-electron chi connectivity index (χ0n) is 20.3. The molecule has 2 saturated heterocycles. The minimum Gasteiger partial charge on any atom is -0.478 e. The largest absolute Gasteiger partial charge is 0.478 e. The Morgan fingerprint density at radius 3 is 2.66 bits per heavy atom. The summed E-state index contributed by atoms with van der Waals surface area (Å²) in [5, 5.41) is 0. The summed E-state index contributed by atoms with van der Waals surface area (Å²) < 4.78 is 11.6. The van der Waals surface area contributed by atoms with Crippen molar-refractivity contribution in [3.05, 3.63) is 35.4 Å². The highest BCUT2D eigenvalue weighted by molar-refractivity contribution is 7.59. The molecule has 0 aliphatic carbocycles. The van der Waals surface area contributed by atoms with Crippen molar-refractivity contribution in [2.24, 2.45) is 16.1 Å². The zero-order chi connectivity index (χ0) is 22.6. The summed E-state index contributed by atoms with van der Waals surface area (Å²) >= 11 is 0. The van der Waals surface area contributed by atoms with E-state index in [1.54, 1.807) is 7.11 Å². The number of amidine groups is 1. The highest BCUT2D eigenvalue weighted by Gasteiger charge is 2.48. The van der Waals surface area contributed by atoms with E-state index in [0.29, 0.717) is 12.4 Å². The molecule has 4 aliphatic heterocycles. The number of hydrogen-bond donors (Lipinski definition) is 1. The van der Waals surface area contributed by atoms with Gasteiger partial charge >= 0.3 is 0 Å². The molecular weight excluding hydrogens is 482 g/mol. The van der Waals surface area contributed by atoms with Crippen LogP contribution in [0.4, 0.5) is 11.5 Å². The van der Waals surface area contributed by atoms with Crippen LogP contribution in [-0.4, -0.2) is 66.3 Å². The van der Waals surface area contributed by atoms with E-state index in [1.807, 2.05) is 12.3 Å². The first kappa shape index (κ1) is 26.0. The van der Waals surface area contributed by atoms with Crippen LogP contribution in [0.3, 0.4) is 0 Å². The van der Waals surface area contributed by atoms with Gasteiger partial charge in [0.2, 0.25) is 0 Å². The van der Waals surface area contributed by atoms with E-state index in [1.165, 1.54) is 0 Å². The van der Waals surface area contributed by atoms with Crippen LogP contribution < -0.4 is 20.3 Å². The first-order valence-corrected chi connectivity index (χ1v) is 11.9. The van der Waals surface area contributed by atoms with Crippen molar-refractivity contribution in [2.45, 2.75) is 51.3 Å². The van der Waals surface area contributed by atoms with Crippen molar-refractivity contribution in [3.8, 4) is 5.88 Å². The first-order valence-electron chi connectivity index (χ1n) is 11.9. The molecule has 2 aromatic rings. The normalized spacial score (nSPS) is 24.3. The molecule has 2 aromatic heterocycles. The lowest BCUT2D eigenvalue weighted by Gasteiger charge is -2.41. The third-order valence-electron chi connectivity index (χ3n) is 7.82. The summed E-state index contributed by atoms with van der Waals surface area (Å²) in [7, 11) is 1.67. The van der Waals surface area contributed by atoms with E-state index in [0.717, 1.165) is 86.3 Å². The van der Waals surface area contributed by atoms with Crippen molar-refractivity contribution in [2.75, 3.05) is 43.2 Å². The van der Waals surface area contributed by atoms with E-state index in [4.69, 9.17) is 30.2 Å². The van der Waals surface area contributed by atoms with Crippen LogP contribution in [0.1, 0.15) is 43.3 Å². The minimum atomic E-state index is 0. The zero-order valence-corrected chi connectivity index (χ0v) is 22.3. The van der Waals surface area contributed by atoms with Gasteiger partial charge in [-0.05, 0) is 44.7 Å². The second-order valence-corrected chi connectivity index (χ2v) is 9.61.